The second kappa shape index (κ2) is 13.8. The molecule has 0 amide bonds. The molecular formula is C61H42. The van der Waals surface area contributed by atoms with Crippen molar-refractivity contribution in [2.75, 3.05) is 0 Å². The van der Waals surface area contributed by atoms with E-state index in [4.69, 9.17) is 0 Å². The van der Waals surface area contributed by atoms with E-state index in [1.165, 1.54) is 121 Å². The van der Waals surface area contributed by atoms with Crippen molar-refractivity contribution in [2.24, 2.45) is 0 Å². The van der Waals surface area contributed by atoms with Crippen molar-refractivity contribution >= 4 is 43.1 Å². The minimum atomic E-state index is -0.0630. The van der Waals surface area contributed by atoms with Gasteiger partial charge < -0.3 is 0 Å². The van der Waals surface area contributed by atoms with E-state index in [0.717, 1.165) is 0 Å². The maximum absolute atomic E-state index is 2.47. The molecule has 0 aliphatic heterocycles. The average molecular weight is 775 g/mol. The van der Waals surface area contributed by atoms with Gasteiger partial charge in [0, 0.05) is 5.41 Å². The molecule has 0 aromatic heterocycles. The summed E-state index contributed by atoms with van der Waals surface area (Å²) in [5, 5.41) is 10.2. The largest absolute Gasteiger partial charge is 0.0622 e. The van der Waals surface area contributed by atoms with Crippen molar-refractivity contribution < 1.29 is 0 Å². The third kappa shape index (κ3) is 5.46. The molecule has 12 rings (SSSR count). The fourth-order valence-electron chi connectivity index (χ4n) is 10.6. The van der Waals surface area contributed by atoms with Gasteiger partial charge in [-0.05, 0) is 127 Å². The highest BCUT2D eigenvalue weighted by Gasteiger charge is 2.35. The molecule has 0 heterocycles. The van der Waals surface area contributed by atoms with Gasteiger partial charge in [-0.15, -0.1) is 0 Å². The van der Waals surface area contributed by atoms with Crippen LogP contribution in [0.2, 0.25) is 0 Å². The molecule has 0 bridgehead atoms. The van der Waals surface area contributed by atoms with E-state index in [-0.39, 0.29) is 5.41 Å². The molecule has 0 spiro atoms. The van der Waals surface area contributed by atoms with Gasteiger partial charge in [-0.1, -0.05) is 226 Å². The van der Waals surface area contributed by atoms with Crippen LogP contribution in [0.5, 0.6) is 0 Å². The molecule has 11 aromatic carbocycles. The van der Waals surface area contributed by atoms with Crippen molar-refractivity contribution in [3.63, 3.8) is 0 Å². The Hall–Kier alpha value is -7.54. The fraction of sp³-hybridized carbons (Fsp3) is 0.0492. The van der Waals surface area contributed by atoms with Crippen molar-refractivity contribution in [1.29, 1.82) is 0 Å². The van der Waals surface area contributed by atoms with Gasteiger partial charge in [0.15, 0.2) is 0 Å². The summed E-state index contributed by atoms with van der Waals surface area (Å²) in [6.45, 7) is 4.74. The fourth-order valence-corrected chi connectivity index (χ4v) is 10.6. The molecule has 1 aliphatic rings. The molecule has 0 saturated carbocycles. The van der Waals surface area contributed by atoms with Gasteiger partial charge in [0.2, 0.25) is 0 Å². The molecule has 11 aromatic rings. The minimum absolute atomic E-state index is 0.0630. The van der Waals surface area contributed by atoms with Crippen LogP contribution in [0.25, 0.3) is 110 Å². The number of rotatable bonds is 5. The molecule has 0 nitrogen and oxygen atoms in total. The summed E-state index contributed by atoms with van der Waals surface area (Å²) in [4.78, 5) is 0. The van der Waals surface area contributed by atoms with Gasteiger partial charge in [0.05, 0.1) is 0 Å². The van der Waals surface area contributed by atoms with Crippen LogP contribution in [0.1, 0.15) is 25.0 Å². The molecule has 286 valence electrons. The summed E-state index contributed by atoms with van der Waals surface area (Å²) in [7, 11) is 0. The molecule has 61 heavy (non-hydrogen) atoms. The predicted molar refractivity (Wildman–Crippen MR) is 261 cm³/mol. The van der Waals surface area contributed by atoms with Crippen LogP contribution in [0.15, 0.2) is 218 Å². The third-order valence-corrected chi connectivity index (χ3v) is 13.5. The van der Waals surface area contributed by atoms with Gasteiger partial charge >= 0.3 is 0 Å². The van der Waals surface area contributed by atoms with Crippen molar-refractivity contribution in [3.8, 4) is 66.8 Å². The Labute approximate surface area is 357 Å². The lowest BCUT2D eigenvalue weighted by Gasteiger charge is -2.23. The van der Waals surface area contributed by atoms with E-state index in [2.05, 4.69) is 232 Å². The normalized spacial score (nSPS) is 12.9. The molecule has 1 aliphatic carbocycles. The number of fused-ring (bicyclic) bond motifs is 7. The Morgan fingerprint density at radius 2 is 0.525 bits per heavy atom. The molecule has 0 atom stereocenters. The number of benzene rings is 11. The Morgan fingerprint density at radius 3 is 0.951 bits per heavy atom. The molecule has 0 saturated heterocycles. The van der Waals surface area contributed by atoms with Crippen LogP contribution in [0.3, 0.4) is 0 Å². The monoisotopic (exact) mass is 774 g/mol. The van der Waals surface area contributed by atoms with Crippen molar-refractivity contribution in [1.82, 2.24) is 0 Å². The molecule has 0 radical (unpaired) electrons. The summed E-state index contributed by atoms with van der Waals surface area (Å²) < 4.78 is 0. The third-order valence-electron chi connectivity index (χ3n) is 13.5. The smallest absolute Gasteiger partial charge is 0.0159 e. The maximum atomic E-state index is 2.47. The van der Waals surface area contributed by atoms with E-state index in [1.807, 2.05) is 0 Å². The SMILES string of the molecule is CC1(C)c2ccccc2-c2ccc(-c3c4ccccc4c(-c4ccc(-c5ccc(-c6c7ccccc7c(-c7ccccc7)c7ccccc67)cc5)cc4)c4ccccc34)cc21. The second-order valence-corrected chi connectivity index (χ2v) is 17.1. The molecular weight excluding hydrogens is 733 g/mol. The summed E-state index contributed by atoms with van der Waals surface area (Å²) in [6.07, 6.45) is 0. The Morgan fingerprint density at radius 1 is 0.230 bits per heavy atom. The van der Waals surface area contributed by atoms with Gasteiger partial charge in [0.25, 0.3) is 0 Å². The van der Waals surface area contributed by atoms with Gasteiger partial charge in [-0.2, -0.15) is 0 Å². The van der Waals surface area contributed by atoms with E-state index in [1.54, 1.807) is 0 Å². The lowest BCUT2D eigenvalue weighted by atomic mass is 9.80. The van der Waals surface area contributed by atoms with E-state index in [9.17, 15) is 0 Å². The topological polar surface area (TPSA) is 0 Å². The zero-order chi connectivity index (χ0) is 40.7. The summed E-state index contributed by atoms with van der Waals surface area (Å²) >= 11 is 0. The average Bonchev–Trinajstić information content (AvgIpc) is 3.55. The quantitative estimate of drug-likeness (QED) is 0.153. The molecule has 0 fully saturated rings. The Kier molecular flexibility index (Phi) is 7.99. The standard InChI is InChI=1S/C61H42/c1-61(2)55-27-15-14-18-45(55)46-37-36-44(38-56(46)61)60-53-25-12-10-23-51(53)59(52-24-11-13-26-54(52)60)43-34-30-40(31-35-43)39-28-32-42(33-29-39)58-49-21-8-6-19-47(49)57(41-16-4-3-5-17-41)48-20-7-9-22-50(48)58/h3-38H,1-2H3. The molecule has 0 N–H and O–H groups in total. The van der Waals surface area contributed by atoms with Gasteiger partial charge in [-0.25, -0.2) is 0 Å². The molecule has 0 heteroatoms. The first-order chi connectivity index (χ1) is 30.0. The first-order valence-corrected chi connectivity index (χ1v) is 21.4. The van der Waals surface area contributed by atoms with Crippen LogP contribution >= 0.6 is 0 Å². The second-order valence-electron chi connectivity index (χ2n) is 17.1. The highest BCUT2D eigenvalue weighted by Crippen LogP contribution is 2.51. The first kappa shape index (κ1) is 35.4. The number of hydrogen-bond donors (Lipinski definition) is 0. The maximum Gasteiger partial charge on any atom is 0.0159 e. The highest BCUT2D eigenvalue weighted by molar-refractivity contribution is 6.23. The van der Waals surface area contributed by atoms with Crippen molar-refractivity contribution in [3.05, 3.63) is 230 Å². The van der Waals surface area contributed by atoms with E-state index >= 15 is 0 Å². The lowest BCUT2D eigenvalue weighted by Crippen LogP contribution is -2.14. The Balaban J connectivity index is 0.944. The minimum Gasteiger partial charge on any atom is -0.0622 e. The Bertz CT molecular complexity index is 3400. The van der Waals surface area contributed by atoms with Crippen molar-refractivity contribution in [2.45, 2.75) is 19.3 Å². The van der Waals surface area contributed by atoms with Gasteiger partial charge in [0.1, 0.15) is 0 Å². The zero-order valence-corrected chi connectivity index (χ0v) is 34.3. The van der Waals surface area contributed by atoms with Crippen LogP contribution < -0.4 is 0 Å². The lowest BCUT2D eigenvalue weighted by molar-refractivity contribution is 0.660. The van der Waals surface area contributed by atoms with E-state index < -0.39 is 0 Å². The highest BCUT2D eigenvalue weighted by atomic mass is 14.4. The number of hydrogen-bond acceptors (Lipinski definition) is 0. The molecule has 0 unspecified atom stereocenters. The van der Waals surface area contributed by atoms with E-state index in [0.29, 0.717) is 0 Å². The van der Waals surface area contributed by atoms with Crippen LogP contribution in [-0.2, 0) is 5.41 Å². The van der Waals surface area contributed by atoms with Crippen LogP contribution in [-0.4, -0.2) is 0 Å². The van der Waals surface area contributed by atoms with Gasteiger partial charge in [-0.3, -0.25) is 0 Å². The van der Waals surface area contributed by atoms with Crippen LogP contribution in [0.4, 0.5) is 0 Å². The summed E-state index contributed by atoms with van der Waals surface area (Å²) in [5.41, 5.74) is 18.0. The predicted octanol–water partition coefficient (Wildman–Crippen LogP) is 16.9. The van der Waals surface area contributed by atoms with Crippen LogP contribution in [0, 0.1) is 0 Å². The first-order valence-electron chi connectivity index (χ1n) is 21.4. The summed E-state index contributed by atoms with van der Waals surface area (Å²) in [5.74, 6) is 0. The zero-order valence-electron chi connectivity index (χ0n) is 34.3. The summed E-state index contributed by atoms with van der Waals surface area (Å²) in [6, 6.07) is 81.0.